The molecular weight excluding hydrogens is 266 g/mol. The minimum absolute atomic E-state index is 0.160. The van der Waals surface area contributed by atoms with Crippen LogP contribution in [0, 0.1) is 0 Å². The predicted octanol–water partition coefficient (Wildman–Crippen LogP) is 2.63. The number of hydrogen-bond donors (Lipinski definition) is 2. The summed E-state index contributed by atoms with van der Waals surface area (Å²) in [4.78, 5) is 18.0. The molecule has 1 aromatic rings. The molecule has 5 nitrogen and oxygen atoms in total. The second-order valence-electron chi connectivity index (χ2n) is 6.07. The fourth-order valence-corrected chi connectivity index (χ4v) is 3.05. The van der Waals surface area contributed by atoms with E-state index in [2.05, 4.69) is 29.3 Å². The predicted molar refractivity (Wildman–Crippen MR) is 84.0 cm³/mol. The molecule has 1 aromatic heterocycles. The van der Waals surface area contributed by atoms with Gasteiger partial charge in [-0.1, -0.05) is 19.8 Å². The summed E-state index contributed by atoms with van der Waals surface area (Å²) in [6, 6.07) is 3.27. The molecule has 0 unspecified atom stereocenters. The smallest absolute Gasteiger partial charge is 0.335 e. The molecule has 1 saturated carbocycles. The third-order valence-electron chi connectivity index (χ3n) is 4.57. The number of aromatic nitrogens is 1. The van der Waals surface area contributed by atoms with Crippen LogP contribution in [0.4, 0.5) is 5.82 Å². The van der Waals surface area contributed by atoms with E-state index in [0.29, 0.717) is 11.4 Å². The molecule has 1 aliphatic rings. The van der Waals surface area contributed by atoms with Gasteiger partial charge >= 0.3 is 5.97 Å². The van der Waals surface area contributed by atoms with Gasteiger partial charge in [-0.25, -0.2) is 9.78 Å². The minimum Gasteiger partial charge on any atom is -0.478 e. The molecule has 0 saturated heterocycles. The van der Waals surface area contributed by atoms with Crippen LogP contribution in [0.15, 0.2) is 12.1 Å². The molecule has 0 spiro atoms. The van der Waals surface area contributed by atoms with Crippen LogP contribution in [-0.2, 0) is 6.42 Å². The van der Waals surface area contributed by atoms with Crippen molar-refractivity contribution in [3.63, 3.8) is 0 Å². The molecule has 5 heteroatoms. The molecule has 0 bridgehead atoms. The first kappa shape index (κ1) is 15.8. The fourth-order valence-electron chi connectivity index (χ4n) is 3.05. The second-order valence-corrected chi connectivity index (χ2v) is 6.07. The number of anilines is 1. The van der Waals surface area contributed by atoms with E-state index in [0.717, 1.165) is 18.7 Å². The summed E-state index contributed by atoms with van der Waals surface area (Å²) in [5, 5.41) is 12.5. The lowest BCUT2D eigenvalue weighted by Crippen LogP contribution is -2.47. The number of aromatic carboxylic acids is 1. The van der Waals surface area contributed by atoms with E-state index in [1.54, 1.807) is 12.1 Å². The van der Waals surface area contributed by atoms with Crippen molar-refractivity contribution in [2.75, 3.05) is 26.0 Å². The molecule has 21 heavy (non-hydrogen) atoms. The molecule has 1 heterocycles. The highest BCUT2D eigenvalue weighted by Gasteiger charge is 2.35. The molecule has 1 aliphatic carbocycles. The Bertz CT molecular complexity index is 508. The average molecular weight is 291 g/mol. The van der Waals surface area contributed by atoms with Crippen molar-refractivity contribution in [2.24, 2.45) is 0 Å². The summed E-state index contributed by atoms with van der Waals surface area (Å²) in [6.45, 7) is 2.79. The number of carboxylic acid groups (broad SMARTS) is 1. The zero-order valence-corrected chi connectivity index (χ0v) is 13.1. The van der Waals surface area contributed by atoms with Gasteiger partial charge in [0.05, 0.1) is 5.56 Å². The van der Waals surface area contributed by atoms with Gasteiger partial charge in [-0.3, -0.25) is 0 Å². The first-order valence-electron chi connectivity index (χ1n) is 7.62. The Balaban J connectivity index is 2.15. The van der Waals surface area contributed by atoms with E-state index < -0.39 is 5.97 Å². The van der Waals surface area contributed by atoms with Crippen LogP contribution in [0.2, 0.25) is 0 Å². The Hall–Kier alpha value is -1.62. The normalized spacial score (nSPS) is 17.1. The summed E-state index contributed by atoms with van der Waals surface area (Å²) in [5.74, 6) is -0.238. The number of nitrogens with zero attached hydrogens (tertiary/aromatic N) is 2. The SMILES string of the molecule is CCc1cc(C(=O)O)cc(NCC2(N(C)C)CCCC2)n1. The van der Waals surface area contributed by atoms with Crippen LogP contribution in [0.5, 0.6) is 0 Å². The lowest BCUT2D eigenvalue weighted by atomic mass is 9.96. The maximum Gasteiger partial charge on any atom is 0.335 e. The van der Waals surface area contributed by atoms with Gasteiger partial charge in [-0.2, -0.15) is 0 Å². The van der Waals surface area contributed by atoms with Gasteiger partial charge in [0, 0.05) is 17.8 Å². The number of nitrogens with one attached hydrogen (secondary N) is 1. The van der Waals surface area contributed by atoms with E-state index in [1.165, 1.54) is 25.7 Å². The van der Waals surface area contributed by atoms with Gasteiger partial charge < -0.3 is 15.3 Å². The number of carboxylic acids is 1. The Morgan fingerprint density at radius 2 is 2.05 bits per heavy atom. The van der Waals surface area contributed by atoms with Gasteiger partial charge in [0.25, 0.3) is 0 Å². The van der Waals surface area contributed by atoms with Gasteiger partial charge in [0.2, 0.25) is 0 Å². The van der Waals surface area contributed by atoms with Gasteiger partial charge in [0.1, 0.15) is 5.82 Å². The number of rotatable bonds is 6. The van der Waals surface area contributed by atoms with Crippen LogP contribution < -0.4 is 5.32 Å². The van der Waals surface area contributed by atoms with Crippen molar-refractivity contribution < 1.29 is 9.90 Å². The van der Waals surface area contributed by atoms with E-state index >= 15 is 0 Å². The quantitative estimate of drug-likeness (QED) is 0.843. The van der Waals surface area contributed by atoms with E-state index in [4.69, 9.17) is 0 Å². The van der Waals surface area contributed by atoms with Crippen molar-refractivity contribution in [1.82, 2.24) is 9.88 Å². The zero-order chi connectivity index (χ0) is 15.5. The number of likely N-dealkylation sites (N-methyl/N-ethyl adjacent to an activating group) is 1. The topological polar surface area (TPSA) is 65.5 Å². The van der Waals surface area contributed by atoms with Crippen LogP contribution in [-0.4, -0.2) is 47.1 Å². The third-order valence-corrected chi connectivity index (χ3v) is 4.57. The van der Waals surface area contributed by atoms with Gasteiger partial charge in [-0.05, 0) is 45.5 Å². The standard InChI is InChI=1S/C16H25N3O2/c1-4-13-9-12(15(20)21)10-14(18-13)17-11-16(19(2)3)7-5-6-8-16/h9-10H,4-8,11H2,1-3H3,(H,17,18)(H,20,21). The molecule has 1 fully saturated rings. The molecule has 2 rings (SSSR count). The molecule has 0 aromatic carbocycles. The molecule has 0 aliphatic heterocycles. The Morgan fingerprint density at radius 3 is 2.57 bits per heavy atom. The summed E-state index contributed by atoms with van der Waals surface area (Å²) in [5.41, 5.74) is 1.27. The number of carbonyl (C=O) groups is 1. The van der Waals surface area contributed by atoms with E-state index in [9.17, 15) is 9.90 Å². The van der Waals surface area contributed by atoms with Crippen LogP contribution >= 0.6 is 0 Å². The Labute approximate surface area is 126 Å². The molecular formula is C16H25N3O2. The minimum atomic E-state index is -0.904. The summed E-state index contributed by atoms with van der Waals surface area (Å²) in [6.07, 6.45) is 5.58. The molecule has 116 valence electrons. The molecule has 2 N–H and O–H groups in total. The third kappa shape index (κ3) is 3.53. The lowest BCUT2D eigenvalue weighted by molar-refractivity contribution is 0.0696. The summed E-state index contributed by atoms with van der Waals surface area (Å²) in [7, 11) is 4.23. The highest BCUT2D eigenvalue weighted by Crippen LogP contribution is 2.33. The largest absolute Gasteiger partial charge is 0.478 e. The van der Waals surface area contributed by atoms with Crippen LogP contribution in [0.1, 0.15) is 48.7 Å². The maximum atomic E-state index is 11.2. The van der Waals surface area contributed by atoms with Crippen molar-refractivity contribution in [2.45, 2.75) is 44.6 Å². The van der Waals surface area contributed by atoms with Crippen molar-refractivity contribution in [1.29, 1.82) is 0 Å². The number of aryl methyl sites for hydroxylation is 1. The monoisotopic (exact) mass is 291 g/mol. The van der Waals surface area contributed by atoms with Crippen molar-refractivity contribution in [3.8, 4) is 0 Å². The maximum absolute atomic E-state index is 11.2. The highest BCUT2D eigenvalue weighted by molar-refractivity contribution is 5.88. The number of hydrogen-bond acceptors (Lipinski definition) is 4. The summed E-state index contributed by atoms with van der Waals surface area (Å²) >= 11 is 0. The van der Waals surface area contributed by atoms with Gasteiger partial charge in [0.15, 0.2) is 0 Å². The van der Waals surface area contributed by atoms with E-state index in [-0.39, 0.29) is 5.54 Å². The molecule has 0 atom stereocenters. The van der Waals surface area contributed by atoms with Crippen LogP contribution in [0.3, 0.4) is 0 Å². The van der Waals surface area contributed by atoms with E-state index in [1.807, 2.05) is 6.92 Å². The average Bonchev–Trinajstić information content (AvgIpc) is 2.95. The zero-order valence-electron chi connectivity index (χ0n) is 13.1. The molecule has 0 amide bonds. The number of pyridine rings is 1. The first-order chi connectivity index (χ1) is 9.97. The first-order valence-corrected chi connectivity index (χ1v) is 7.62. The lowest BCUT2D eigenvalue weighted by Gasteiger charge is -2.36. The molecule has 0 radical (unpaired) electrons. The van der Waals surface area contributed by atoms with Gasteiger partial charge in [-0.15, -0.1) is 0 Å². The fraction of sp³-hybridized carbons (Fsp3) is 0.625. The highest BCUT2D eigenvalue weighted by atomic mass is 16.4. The van der Waals surface area contributed by atoms with Crippen molar-refractivity contribution >= 4 is 11.8 Å². The Kier molecular flexibility index (Phi) is 4.83. The van der Waals surface area contributed by atoms with Crippen molar-refractivity contribution in [3.05, 3.63) is 23.4 Å². The summed E-state index contributed by atoms with van der Waals surface area (Å²) < 4.78 is 0. The Morgan fingerprint density at radius 1 is 1.38 bits per heavy atom. The van der Waals surface area contributed by atoms with Crippen LogP contribution in [0.25, 0.3) is 0 Å². The second kappa shape index (κ2) is 6.43.